The van der Waals surface area contributed by atoms with E-state index in [0.717, 1.165) is 16.6 Å². The molecule has 0 radical (unpaired) electrons. The van der Waals surface area contributed by atoms with Gasteiger partial charge in [-0.3, -0.25) is 13.9 Å². The SMILES string of the molecule is CC(C)CNC(=O)[C@@H](C)N(Cc1ccccc1F)C(=O)CCCN(c1ccccc1F)S(C)(=O)=O. The third-order valence-electron chi connectivity index (χ3n) is 5.42. The third-order valence-corrected chi connectivity index (χ3v) is 6.60. The lowest BCUT2D eigenvalue weighted by molar-refractivity contribution is -0.140. The molecule has 0 aliphatic heterocycles. The summed E-state index contributed by atoms with van der Waals surface area (Å²) in [5.74, 6) is -1.79. The highest BCUT2D eigenvalue weighted by Crippen LogP contribution is 2.22. The van der Waals surface area contributed by atoms with Crippen LogP contribution in [0.5, 0.6) is 0 Å². The second kappa shape index (κ2) is 12.6. The predicted molar refractivity (Wildman–Crippen MR) is 132 cm³/mol. The minimum Gasteiger partial charge on any atom is -0.354 e. The van der Waals surface area contributed by atoms with Crippen LogP contribution in [0.1, 0.15) is 39.2 Å². The van der Waals surface area contributed by atoms with Crippen molar-refractivity contribution >= 4 is 27.5 Å². The molecule has 35 heavy (non-hydrogen) atoms. The average molecular weight is 510 g/mol. The first-order chi connectivity index (χ1) is 16.4. The summed E-state index contributed by atoms with van der Waals surface area (Å²) in [5.41, 5.74) is 0.153. The lowest BCUT2D eigenvalue weighted by Crippen LogP contribution is -2.48. The topological polar surface area (TPSA) is 86.8 Å². The Morgan fingerprint density at radius 3 is 2.14 bits per heavy atom. The Morgan fingerprint density at radius 2 is 1.57 bits per heavy atom. The van der Waals surface area contributed by atoms with Crippen molar-refractivity contribution in [3.63, 3.8) is 0 Å². The van der Waals surface area contributed by atoms with Crippen LogP contribution in [0.15, 0.2) is 48.5 Å². The molecule has 0 saturated carbocycles. The summed E-state index contributed by atoms with van der Waals surface area (Å²) in [4.78, 5) is 27.1. The first kappa shape index (κ1) is 28.2. The first-order valence-electron chi connectivity index (χ1n) is 11.4. The number of carbonyl (C=O) groups excluding carboxylic acids is 2. The van der Waals surface area contributed by atoms with Crippen molar-refractivity contribution in [1.29, 1.82) is 0 Å². The molecule has 10 heteroatoms. The number of hydrogen-bond acceptors (Lipinski definition) is 4. The van der Waals surface area contributed by atoms with E-state index < -0.39 is 33.6 Å². The van der Waals surface area contributed by atoms with Gasteiger partial charge in [-0.25, -0.2) is 17.2 Å². The molecule has 0 unspecified atom stereocenters. The monoisotopic (exact) mass is 509 g/mol. The number of carbonyl (C=O) groups is 2. The molecule has 192 valence electrons. The smallest absolute Gasteiger partial charge is 0.242 e. The minimum atomic E-state index is -3.80. The summed E-state index contributed by atoms with van der Waals surface area (Å²) >= 11 is 0. The number of sulfonamides is 1. The predicted octanol–water partition coefficient (Wildman–Crippen LogP) is 3.70. The summed E-state index contributed by atoms with van der Waals surface area (Å²) in [6.45, 7) is 5.62. The van der Waals surface area contributed by atoms with Crippen molar-refractivity contribution < 1.29 is 26.8 Å². The number of anilines is 1. The van der Waals surface area contributed by atoms with Crippen LogP contribution in [-0.4, -0.2) is 50.5 Å². The van der Waals surface area contributed by atoms with E-state index in [1.54, 1.807) is 13.0 Å². The largest absolute Gasteiger partial charge is 0.354 e. The van der Waals surface area contributed by atoms with E-state index in [-0.39, 0.29) is 49.0 Å². The number of halogens is 2. The molecule has 0 heterocycles. The van der Waals surface area contributed by atoms with Gasteiger partial charge in [-0.2, -0.15) is 0 Å². The molecule has 0 fully saturated rings. The number of hydrogen-bond donors (Lipinski definition) is 1. The molecule has 2 aromatic rings. The van der Waals surface area contributed by atoms with Crippen molar-refractivity contribution in [2.24, 2.45) is 5.92 Å². The minimum absolute atomic E-state index is 0.0777. The normalized spacial score (nSPS) is 12.3. The molecule has 0 aromatic heterocycles. The van der Waals surface area contributed by atoms with Crippen LogP contribution in [-0.2, 0) is 26.2 Å². The second-order valence-corrected chi connectivity index (χ2v) is 10.7. The van der Waals surface area contributed by atoms with Gasteiger partial charge in [0.05, 0.1) is 11.9 Å². The van der Waals surface area contributed by atoms with Crippen LogP contribution in [0.2, 0.25) is 0 Å². The van der Waals surface area contributed by atoms with Gasteiger partial charge < -0.3 is 10.2 Å². The molecule has 0 aliphatic rings. The quantitative estimate of drug-likeness (QED) is 0.473. The molecule has 7 nitrogen and oxygen atoms in total. The Balaban J connectivity index is 2.18. The summed E-state index contributed by atoms with van der Waals surface area (Å²) < 4.78 is 54.0. The van der Waals surface area contributed by atoms with E-state index in [0.29, 0.717) is 6.54 Å². The van der Waals surface area contributed by atoms with E-state index in [2.05, 4.69) is 5.32 Å². The fourth-order valence-corrected chi connectivity index (χ4v) is 4.45. The summed E-state index contributed by atoms with van der Waals surface area (Å²) in [5, 5.41) is 2.78. The van der Waals surface area contributed by atoms with Gasteiger partial charge in [0, 0.05) is 31.6 Å². The lowest BCUT2D eigenvalue weighted by Gasteiger charge is -2.29. The summed E-state index contributed by atoms with van der Waals surface area (Å²) in [6, 6.07) is 10.6. The number of nitrogens with one attached hydrogen (secondary N) is 1. The number of nitrogens with zero attached hydrogens (tertiary/aromatic N) is 2. The molecular formula is C25H33F2N3O4S. The molecule has 0 saturated heterocycles. The highest BCUT2D eigenvalue weighted by Gasteiger charge is 2.27. The van der Waals surface area contributed by atoms with Gasteiger partial charge in [0.2, 0.25) is 21.8 Å². The van der Waals surface area contributed by atoms with Crippen molar-refractivity contribution in [1.82, 2.24) is 10.2 Å². The van der Waals surface area contributed by atoms with Crippen LogP contribution >= 0.6 is 0 Å². The van der Waals surface area contributed by atoms with E-state index in [1.807, 2.05) is 13.8 Å². The summed E-state index contributed by atoms with van der Waals surface area (Å²) in [6.07, 6.45) is 0.929. The lowest BCUT2D eigenvalue weighted by atomic mass is 10.1. The Hall–Kier alpha value is -3.01. The standard InChI is InChI=1S/C25H33F2N3O4S/c1-18(2)16-28-25(32)19(3)29(17-20-10-5-6-11-21(20)26)24(31)14-9-15-30(35(4,33)34)23-13-8-7-12-22(23)27/h5-8,10-13,18-19H,9,14-17H2,1-4H3,(H,28,32)/t19-/m1/s1. The molecule has 1 N–H and O–H groups in total. The molecule has 0 aliphatic carbocycles. The second-order valence-electron chi connectivity index (χ2n) is 8.82. The molecular weight excluding hydrogens is 476 g/mol. The zero-order chi connectivity index (χ0) is 26.2. The van der Waals surface area contributed by atoms with Crippen LogP contribution in [0.3, 0.4) is 0 Å². The van der Waals surface area contributed by atoms with Crippen molar-refractivity contribution in [2.45, 2.75) is 46.2 Å². The van der Waals surface area contributed by atoms with E-state index in [4.69, 9.17) is 0 Å². The highest BCUT2D eigenvalue weighted by molar-refractivity contribution is 7.92. The van der Waals surface area contributed by atoms with Gasteiger partial charge in [-0.05, 0) is 37.5 Å². The fourth-order valence-electron chi connectivity index (χ4n) is 3.48. The van der Waals surface area contributed by atoms with Gasteiger partial charge >= 0.3 is 0 Å². The van der Waals surface area contributed by atoms with Crippen molar-refractivity contribution in [3.8, 4) is 0 Å². The molecule has 2 amide bonds. The number of amides is 2. The molecule has 0 bridgehead atoms. The highest BCUT2D eigenvalue weighted by atomic mass is 32.2. The maximum absolute atomic E-state index is 14.3. The van der Waals surface area contributed by atoms with Crippen LogP contribution < -0.4 is 9.62 Å². The van der Waals surface area contributed by atoms with Gasteiger partial charge in [-0.15, -0.1) is 0 Å². The number of para-hydroxylation sites is 1. The Labute approximate surface area is 206 Å². The van der Waals surface area contributed by atoms with Gasteiger partial charge in [-0.1, -0.05) is 44.2 Å². The van der Waals surface area contributed by atoms with Crippen LogP contribution in [0.4, 0.5) is 14.5 Å². The van der Waals surface area contributed by atoms with Gasteiger partial charge in [0.15, 0.2) is 0 Å². The molecule has 2 aromatic carbocycles. The van der Waals surface area contributed by atoms with Crippen LogP contribution in [0.25, 0.3) is 0 Å². The first-order valence-corrected chi connectivity index (χ1v) is 13.3. The van der Waals surface area contributed by atoms with Crippen molar-refractivity contribution in [2.75, 3.05) is 23.7 Å². The third kappa shape index (κ3) is 8.31. The van der Waals surface area contributed by atoms with E-state index in [1.165, 1.54) is 41.3 Å². The Bertz CT molecular complexity index is 1130. The maximum Gasteiger partial charge on any atom is 0.242 e. The van der Waals surface area contributed by atoms with Gasteiger partial charge in [0.25, 0.3) is 0 Å². The summed E-state index contributed by atoms with van der Waals surface area (Å²) in [7, 11) is -3.80. The van der Waals surface area contributed by atoms with Crippen molar-refractivity contribution in [3.05, 3.63) is 65.7 Å². The number of rotatable bonds is 12. The van der Waals surface area contributed by atoms with E-state index >= 15 is 0 Å². The molecule has 0 spiro atoms. The van der Waals surface area contributed by atoms with E-state index in [9.17, 15) is 26.8 Å². The average Bonchev–Trinajstić information content (AvgIpc) is 2.79. The fraction of sp³-hybridized carbons (Fsp3) is 0.440. The Kier molecular flexibility index (Phi) is 10.2. The Morgan fingerprint density at radius 1 is 0.971 bits per heavy atom. The van der Waals surface area contributed by atoms with Crippen LogP contribution in [0, 0.1) is 17.6 Å². The zero-order valence-electron chi connectivity index (χ0n) is 20.5. The molecule has 2 rings (SSSR count). The molecule has 1 atom stereocenters. The van der Waals surface area contributed by atoms with Gasteiger partial charge in [0.1, 0.15) is 17.7 Å². The number of benzene rings is 2. The zero-order valence-corrected chi connectivity index (χ0v) is 21.3. The maximum atomic E-state index is 14.3.